The largest absolute Gasteiger partial charge is 0.392 e. The zero-order chi connectivity index (χ0) is 19.5. The second kappa shape index (κ2) is 8.37. The normalized spacial score (nSPS) is 30.7. The van der Waals surface area contributed by atoms with Crippen LogP contribution in [0.2, 0.25) is 0 Å². The molecule has 4 heteroatoms. The van der Waals surface area contributed by atoms with Crippen LogP contribution < -0.4 is 0 Å². The van der Waals surface area contributed by atoms with Crippen LogP contribution in [0.3, 0.4) is 0 Å². The second-order valence-electron chi connectivity index (χ2n) is 8.52. The van der Waals surface area contributed by atoms with Crippen LogP contribution in [0.25, 0.3) is 0 Å². The predicted octanol–water partition coefficient (Wildman–Crippen LogP) is 4.42. The van der Waals surface area contributed by atoms with Gasteiger partial charge in [-0.15, -0.1) is 6.58 Å². The topological polar surface area (TPSA) is 55.8 Å². The molecule has 0 radical (unpaired) electrons. The van der Waals surface area contributed by atoms with Gasteiger partial charge in [0.1, 0.15) is 6.79 Å². The molecule has 26 heavy (non-hydrogen) atoms. The number of carbonyl (C=O) groups excluding carboxylic acids is 1. The Morgan fingerprint density at radius 1 is 1.42 bits per heavy atom. The Balaban J connectivity index is 2.45. The molecule has 0 spiro atoms. The van der Waals surface area contributed by atoms with Crippen LogP contribution in [0, 0.1) is 16.7 Å². The fraction of sp³-hybridized carbons (Fsp3) is 0.773. The molecular formula is C22H36O4. The van der Waals surface area contributed by atoms with Gasteiger partial charge >= 0.3 is 0 Å². The minimum absolute atomic E-state index is 0.180. The van der Waals surface area contributed by atoms with Crippen molar-refractivity contribution in [2.24, 2.45) is 16.7 Å². The molecule has 0 aromatic heterocycles. The van der Waals surface area contributed by atoms with E-state index in [1.54, 1.807) is 7.11 Å². The van der Waals surface area contributed by atoms with Gasteiger partial charge < -0.3 is 14.6 Å². The number of allylic oxidation sites excluding steroid dienone is 1. The van der Waals surface area contributed by atoms with Crippen molar-refractivity contribution in [3.05, 3.63) is 23.8 Å². The number of hydrogen-bond acceptors (Lipinski definition) is 4. The van der Waals surface area contributed by atoms with E-state index in [1.165, 1.54) is 5.57 Å². The highest BCUT2D eigenvalue weighted by Crippen LogP contribution is 2.54. The third-order valence-corrected chi connectivity index (χ3v) is 7.02. The zero-order valence-electron chi connectivity index (χ0n) is 17.1. The fourth-order valence-corrected chi connectivity index (χ4v) is 4.87. The van der Waals surface area contributed by atoms with Crippen LogP contribution in [-0.2, 0) is 14.3 Å². The van der Waals surface area contributed by atoms with E-state index in [1.807, 2.05) is 19.9 Å². The molecule has 2 unspecified atom stereocenters. The van der Waals surface area contributed by atoms with Crippen LogP contribution in [0.4, 0.5) is 0 Å². The highest BCUT2D eigenvalue weighted by atomic mass is 16.7. The van der Waals surface area contributed by atoms with E-state index < -0.39 is 11.5 Å². The quantitative estimate of drug-likeness (QED) is 0.486. The Kier molecular flexibility index (Phi) is 6.86. The molecule has 0 saturated heterocycles. The second-order valence-corrected chi connectivity index (χ2v) is 8.52. The Hall–Kier alpha value is -0.970. The maximum Gasteiger partial charge on any atom is 0.159 e. The summed E-state index contributed by atoms with van der Waals surface area (Å²) >= 11 is 0. The Morgan fingerprint density at radius 2 is 2.12 bits per heavy atom. The molecule has 2 rings (SSSR count). The molecule has 0 aliphatic heterocycles. The summed E-state index contributed by atoms with van der Waals surface area (Å²) in [5.74, 6) is 0.606. The first-order valence-electron chi connectivity index (χ1n) is 9.92. The van der Waals surface area contributed by atoms with Crippen molar-refractivity contribution < 1.29 is 19.4 Å². The van der Waals surface area contributed by atoms with E-state index in [2.05, 4.69) is 20.4 Å². The lowest BCUT2D eigenvalue weighted by atomic mass is 9.59. The molecule has 1 N–H and O–H groups in total. The highest BCUT2D eigenvalue weighted by molar-refractivity contribution is 6.00. The number of aliphatic hydroxyl groups excluding tert-OH is 1. The number of carbonyl (C=O) groups is 1. The summed E-state index contributed by atoms with van der Waals surface area (Å²) in [6, 6.07) is 0. The number of rotatable bonds is 9. The molecule has 2 aliphatic rings. The molecule has 0 bridgehead atoms. The van der Waals surface area contributed by atoms with E-state index in [-0.39, 0.29) is 24.1 Å². The number of ketones is 1. The van der Waals surface area contributed by atoms with E-state index >= 15 is 0 Å². The Labute approximate surface area is 158 Å². The van der Waals surface area contributed by atoms with Crippen LogP contribution in [0.15, 0.2) is 23.8 Å². The first-order valence-corrected chi connectivity index (χ1v) is 9.92. The van der Waals surface area contributed by atoms with Gasteiger partial charge in [-0.05, 0) is 38.0 Å². The molecule has 0 heterocycles. The van der Waals surface area contributed by atoms with E-state index in [9.17, 15) is 9.90 Å². The number of methoxy groups -OCH3 is 1. The lowest BCUT2D eigenvalue weighted by molar-refractivity contribution is -0.142. The number of ether oxygens (including phenoxy) is 2. The SMILES string of the molecule is C=C[C@](C)(C[C@@H](OCOC)C1(C)C2=C(CCC2=O)CCC1C)[C@@H](O)CC. The van der Waals surface area contributed by atoms with Gasteiger partial charge in [0.05, 0.1) is 12.2 Å². The zero-order valence-corrected chi connectivity index (χ0v) is 17.1. The van der Waals surface area contributed by atoms with E-state index in [0.717, 1.165) is 24.8 Å². The minimum atomic E-state index is -0.496. The van der Waals surface area contributed by atoms with Gasteiger partial charge in [0.25, 0.3) is 0 Å². The Morgan fingerprint density at radius 3 is 2.69 bits per heavy atom. The van der Waals surface area contributed by atoms with Gasteiger partial charge in [-0.2, -0.15) is 0 Å². The molecular weight excluding hydrogens is 328 g/mol. The van der Waals surface area contributed by atoms with Gasteiger partial charge in [-0.25, -0.2) is 0 Å². The van der Waals surface area contributed by atoms with Crippen molar-refractivity contribution >= 4 is 5.78 Å². The average molecular weight is 365 g/mol. The molecule has 5 atom stereocenters. The van der Waals surface area contributed by atoms with E-state index in [4.69, 9.17) is 9.47 Å². The first-order chi connectivity index (χ1) is 12.2. The minimum Gasteiger partial charge on any atom is -0.392 e. The van der Waals surface area contributed by atoms with Crippen molar-refractivity contribution in [1.82, 2.24) is 0 Å². The van der Waals surface area contributed by atoms with Gasteiger partial charge in [0.2, 0.25) is 0 Å². The highest BCUT2D eigenvalue weighted by Gasteiger charge is 2.52. The summed E-state index contributed by atoms with van der Waals surface area (Å²) in [5.41, 5.74) is 1.47. The van der Waals surface area contributed by atoms with Crippen molar-refractivity contribution in [2.45, 2.75) is 78.4 Å². The third kappa shape index (κ3) is 3.69. The Bertz CT molecular complexity index is 566. The van der Waals surface area contributed by atoms with Crippen molar-refractivity contribution in [3.63, 3.8) is 0 Å². The molecule has 148 valence electrons. The summed E-state index contributed by atoms with van der Waals surface area (Å²) in [7, 11) is 1.61. The van der Waals surface area contributed by atoms with Gasteiger partial charge in [-0.3, -0.25) is 4.79 Å². The molecule has 0 fully saturated rings. The standard InChI is InChI=1S/C22H36O4/c1-7-18(24)21(4,8-2)13-19(26-14-25-6)22(5)15(3)9-10-16-11-12-17(23)20(16)22/h8,15,18-19,24H,2,7,9-14H2,1,3-6H3/t15?,18-,19+,21+,22?/m0/s1. The molecule has 0 aromatic carbocycles. The number of hydrogen-bond donors (Lipinski definition) is 1. The fourth-order valence-electron chi connectivity index (χ4n) is 4.87. The number of Topliss-reactive ketones (excluding diaryl/α,β-unsaturated/α-hetero) is 1. The average Bonchev–Trinajstić information content (AvgIpc) is 3.02. The first kappa shape index (κ1) is 21.3. The van der Waals surface area contributed by atoms with Crippen molar-refractivity contribution in [3.8, 4) is 0 Å². The summed E-state index contributed by atoms with van der Waals surface area (Å²) in [6.45, 7) is 12.6. The van der Waals surface area contributed by atoms with Gasteiger partial charge in [0.15, 0.2) is 5.78 Å². The van der Waals surface area contributed by atoms with Crippen LogP contribution in [-0.4, -0.2) is 37.0 Å². The maximum absolute atomic E-state index is 12.8. The van der Waals surface area contributed by atoms with Crippen molar-refractivity contribution in [1.29, 1.82) is 0 Å². The summed E-state index contributed by atoms with van der Waals surface area (Å²) < 4.78 is 11.4. The molecule has 0 saturated carbocycles. The molecule has 0 amide bonds. The van der Waals surface area contributed by atoms with Crippen LogP contribution in [0.1, 0.15) is 66.2 Å². The van der Waals surface area contributed by atoms with Crippen molar-refractivity contribution in [2.75, 3.05) is 13.9 Å². The third-order valence-electron chi connectivity index (χ3n) is 7.02. The summed E-state index contributed by atoms with van der Waals surface area (Å²) in [5, 5.41) is 10.6. The predicted molar refractivity (Wildman–Crippen MR) is 104 cm³/mol. The maximum atomic E-state index is 12.8. The molecule has 0 aromatic rings. The molecule has 2 aliphatic carbocycles. The lowest BCUT2D eigenvalue weighted by Crippen LogP contribution is -2.48. The van der Waals surface area contributed by atoms with E-state index in [0.29, 0.717) is 25.2 Å². The smallest absolute Gasteiger partial charge is 0.159 e. The van der Waals surface area contributed by atoms with Crippen LogP contribution >= 0.6 is 0 Å². The monoisotopic (exact) mass is 364 g/mol. The van der Waals surface area contributed by atoms with Gasteiger partial charge in [-0.1, -0.05) is 39.3 Å². The van der Waals surface area contributed by atoms with Crippen LogP contribution in [0.5, 0.6) is 0 Å². The summed E-state index contributed by atoms with van der Waals surface area (Å²) in [6.07, 6.45) is 6.00. The van der Waals surface area contributed by atoms with Gasteiger partial charge in [0, 0.05) is 29.9 Å². The summed E-state index contributed by atoms with van der Waals surface area (Å²) in [4.78, 5) is 12.8. The number of aliphatic hydroxyl groups is 1. The lowest BCUT2D eigenvalue weighted by Gasteiger charge is -2.48. The molecule has 4 nitrogen and oxygen atoms in total.